The van der Waals surface area contributed by atoms with Gasteiger partial charge in [-0.05, 0) is 29.5 Å². The number of hydrogen-bond donors (Lipinski definition) is 1. The highest BCUT2D eigenvalue weighted by atomic mass is 35.5. The first-order valence-corrected chi connectivity index (χ1v) is 5.96. The van der Waals surface area contributed by atoms with Crippen molar-refractivity contribution in [2.45, 2.75) is 19.2 Å². The summed E-state index contributed by atoms with van der Waals surface area (Å²) in [5.74, 6) is 0.686. The molecule has 1 aromatic heterocycles. The molecule has 0 aliphatic rings. The van der Waals surface area contributed by atoms with Crippen LogP contribution >= 0.6 is 22.9 Å². The third-order valence-electron chi connectivity index (χ3n) is 2.42. The summed E-state index contributed by atoms with van der Waals surface area (Å²) < 4.78 is 1.25. The Morgan fingerprint density at radius 2 is 2.29 bits per heavy atom. The quantitative estimate of drug-likeness (QED) is 0.770. The molecule has 0 saturated carbocycles. The van der Waals surface area contributed by atoms with E-state index < -0.39 is 0 Å². The molecule has 0 spiro atoms. The van der Waals surface area contributed by atoms with E-state index in [9.17, 15) is 5.11 Å². The predicted octanol–water partition coefficient (Wildman–Crippen LogP) is 3.91. The van der Waals surface area contributed by atoms with Crippen LogP contribution in [-0.2, 0) is 12.3 Å². The molecule has 14 heavy (non-hydrogen) atoms. The van der Waals surface area contributed by atoms with Crippen molar-refractivity contribution < 1.29 is 5.11 Å². The fraction of sp³-hybridized carbons (Fsp3) is 0.273. The van der Waals surface area contributed by atoms with Gasteiger partial charge < -0.3 is 5.11 Å². The van der Waals surface area contributed by atoms with E-state index >= 15 is 0 Å². The average molecular weight is 227 g/mol. The minimum absolute atomic E-state index is 0.322. The molecule has 2 aromatic rings. The molecule has 1 N–H and O–H groups in total. The Hall–Kier alpha value is -0.730. The molecule has 1 heterocycles. The van der Waals surface area contributed by atoms with E-state index in [0.29, 0.717) is 11.6 Å². The van der Waals surface area contributed by atoms with Crippen LogP contribution in [0.3, 0.4) is 0 Å². The van der Waals surface area contributed by atoms with E-state index in [-0.39, 0.29) is 0 Å². The van der Waals surface area contributed by atoms with Gasteiger partial charge in [0.25, 0.3) is 0 Å². The standard InChI is InChI=1S/C11H11ClOS/c1-2-7-5-10(13)9(6-12)8-3-4-14-11(7)8/h3-5,13H,2,6H2,1H3. The lowest BCUT2D eigenvalue weighted by Gasteiger charge is -2.06. The fourth-order valence-electron chi connectivity index (χ4n) is 1.65. The van der Waals surface area contributed by atoms with Gasteiger partial charge in [0.1, 0.15) is 5.75 Å². The molecular formula is C11H11ClOS. The number of fused-ring (bicyclic) bond motifs is 1. The van der Waals surface area contributed by atoms with Crippen LogP contribution in [0.15, 0.2) is 17.5 Å². The van der Waals surface area contributed by atoms with Crippen LogP contribution < -0.4 is 0 Å². The van der Waals surface area contributed by atoms with Crippen molar-refractivity contribution >= 4 is 33.0 Å². The number of thiophene rings is 1. The molecule has 74 valence electrons. The van der Waals surface area contributed by atoms with E-state index in [0.717, 1.165) is 17.4 Å². The highest BCUT2D eigenvalue weighted by Crippen LogP contribution is 2.35. The highest BCUT2D eigenvalue weighted by molar-refractivity contribution is 7.17. The number of phenolic OH excluding ortho intramolecular Hbond substituents is 1. The van der Waals surface area contributed by atoms with Crippen LogP contribution in [0.5, 0.6) is 5.75 Å². The third kappa shape index (κ3) is 1.39. The van der Waals surface area contributed by atoms with Crippen LogP contribution in [-0.4, -0.2) is 5.11 Å². The second-order valence-electron chi connectivity index (χ2n) is 3.18. The molecule has 3 heteroatoms. The lowest BCUT2D eigenvalue weighted by Crippen LogP contribution is -1.86. The Balaban J connectivity index is 2.81. The number of aromatic hydroxyl groups is 1. The molecule has 0 fully saturated rings. The van der Waals surface area contributed by atoms with Crippen molar-refractivity contribution in [2.24, 2.45) is 0 Å². The van der Waals surface area contributed by atoms with Crippen LogP contribution in [0.4, 0.5) is 0 Å². The van der Waals surface area contributed by atoms with Crippen molar-refractivity contribution in [3.63, 3.8) is 0 Å². The highest BCUT2D eigenvalue weighted by Gasteiger charge is 2.10. The van der Waals surface area contributed by atoms with Crippen molar-refractivity contribution in [3.8, 4) is 5.75 Å². The van der Waals surface area contributed by atoms with Crippen molar-refractivity contribution in [2.75, 3.05) is 0 Å². The molecule has 2 rings (SSSR count). The maximum atomic E-state index is 9.76. The smallest absolute Gasteiger partial charge is 0.120 e. The zero-order chi connectivity index (χ0) is 10.1. The van der Waals surface area contributed by atoms with Gasteiger partial charge in [-0.2, -0.15) is 0 Å². The maximum Gasteiger partial charge on any atom is 0.120 e. The first-order valence-electron chi connectivity index (χ1n) is 4.54. The van der Waals surface area contributed by atoms with E-state index in [1.54, 1.807) is 11.3 Å². The number of rotatable bonds is 2. The van der Waals surface area contributed by atoms with Crippen molar-refractivity contribution in [1.29, 1.82) is 0 Å². The summed E-state index contributed by atoms with van der Waals surface area (Å²) in [6.45, 7) is 2.09. The summed E-state index contributed by atoms with van der Waals surface area (Å²) in [5, 5.41) is 12.9. The summed E-state index contributed by atoms with van der Waals surface area (Å²) in [5.41, 5.74) is 2.04. The number of hydrogen-bond acceptors (Lipinski definition) is 2. The Morgan fingerprint density at radius 3 is 2.93 bits per heavy atom. The van der Waals surface area contributed by atoms with Gasteiger partial charge in [-0.3, -0.25) is 0 Å². The Kier molecular flexibility index (Phi) is 2.66. The molecule has 0 bridgehead atoms. The Bertz CT molecular complexity index is 462. The monoisotopic (exact) mass is 226 g/mol. The SMILES string of the molecule is CCc1cc(O)c(CCl)c2ccsc12. The molecule has 1 nitrogen and oxygen atoms in total. The van der Waals surface area contributed by atoms with E-state index in [1.807, 2.05) is 17.5 Å². The Labute approximate surface area is 91.9 Å². The van der Waals surface area contributed by atoms with E-state index in [1.165, 1.54) is 10.3 Å². The first-order chi connectivity index (χ1) is 6.77. The summed E-state index contributed by atoms with van der Waals surface area (Å²) in [6, 6.07) is 3.85. The molecule has 0 atom stereocenters. The largest absolute Gasteiger partial charge is 0.508 e. The van der Waals surface area contributed by atoms with Gasteiger partial charge in [-0.1, -0.05) is 6.92 Å². The van der Waals surface area contributed by atoms with Crippen molar-refractivity contribution in [3.05, 3.63) is 28.6 Å². The zero-order valence-electron chi connectivity index (χ0n) is 7.88. The summed E-state index contributed by atoms with van der Waals surface area (Å²) in [4.78, 5) is 0. The van der Waals surface area contributed by atoms with Crippen LogP contribution in [0.1, 0.15) is 18.1 Å². The van der Waals surface area contributed by atoms with Gasteiger partial charge >= 0.3 is 0 Å². The zero-order valence-corrected chi connectivity index (χ0v) is 9.45. The molecule has 0 aliphatic carbocycles. The van der Waals surface area contributed by atoms with Gasteiger partial charge in [0.2, 0.25) is 0 Å². The third-order valence-corrected chi connectivity index (χ3v) is 3.67. The lowest BCUT2D eigenvalue weighted by molar-refractivity contribution is 0.471. The summed E-state index contributed by atoms with van der Waals surface area (Å²) >= 11 is 7.52. The average Bonchev–Trinajstić information content (AvgIpc) is 2.65. The minimum atomic E-state index is 0.322. The molecule has 0 aliphatic heterocycles. The normalized spacial score (nSPS) is 11.0. The fourth-order valence-corrected chi connectivity index (χ4v) is 2.95. The van der Waals surface area contributed by atoms with Crippen LogP contribution in [0, 0.1) is 0 Å². The minimum Gasteiger partial charge on any atom is -0.508 e. The van der Waals surface area contributed by atoms with Gasteiger partial charge in [0.15, 0.2) is 0 Å². The molecule has 1 aromatic carbocycles. The maximum absolute atomic E-state index is 9.76. The molecule has 0 radical (unpaired) electrons. The predicted molar refractivity (Wildman–Crippen MR) is 62.4 cm³/mol. The van der Waals surface area contributed by atoms with Crippen LogP contribution in [0.25, 0.3) is 10.1 Å². The molecule has 0 amide bonds. The van der Waals surface area contributed by atoms with Gasteiger partial charge in [-0.15, -0.1) is 22.9 Å². The first kappa shape index (κ1) is 9.81. The molecule has 0 saturated heterocycles. The van der Waals surface area contributed by atoms with Crippen molar-refractivity contribution in [1.82, 2.24) is 0 Å². The number of phenols is 1. The molecular weight excluding hydrogens is 216 g/mol. The van der Waals surface area contributed by atoms with E-state index in [2.05, 4.69) is 6.92 Å². The lowest BCUT2D eigenvalue weighted by atomic mass is 10.1. The van der Waals surface area contributed by atoms with Crippen LogP contribution in [0.2, 0.25) is 0 Å². The van der Waals surface area contributed by atoms with E-state index in [4.69, 9.17) is 11.6 Å². The second-order valence-corrected chi connectivity index (χ2v) is 4.37. The number of benzene rings is 1. The summed E-state index contributed by atoms with van der Waals surface area (Å²) in [6.07, 6.45) is 0.938. The number of aryl methyl sites for hydroxylation is 1. The number of halogens is 1. The van der Waals surface area contributed by atoms with Gasteiger partial charge in [0, 0.05) is 15.6 Å². The molecule has 0 unspecified atom stereocenters. The topological polar surface area (TPSA) is 20.2 Å². The summed E-state index contributed by atoms with van der Waals surface area (Å²) in [7, 11) is 0. The number of alkyl halides is 1. The van der Waals surface area contributed by atoms with Gasteiger partial charge in [0.05, 0.1) is 5.88 Å². The van der Waals surface area contributed by atoms with Gasteiger partial charge in [-0.25, -0.2) is 0 Å². The Morgan fingerprint density at radius 1 is 1.50 bits per heavy atom. The second kappa shape index (κ2) is 3.79.